The summed E-state index contributed by atoms with van der Waals surface area (Å²) in [6.07, 6.45) is 6.90. The summed E-state index contributed by atoms with van der Waals surface area (Å²) in [7, 11) is 0. The van der Waals surface area contributed by atoms with E-state index in [1.165, 1.54) is 0 Å². The van der Waals surface area contributed by atoms with E-state index >= 15 is 0 Å². The summed E-state index contributed by atoms with van der Waals surface area (Å²) < 4.78 is 0. The van der Waals surface area contributed by atoms with Gasteiger partial charge in [-0.3, -0.25) is 19.5 Å². The molecule has 2 aliphatic rings. The third kappa shape index (κ3) is 4.24. The first kappa shape index (κ1) is 22.0. The molecule has 32 heavy (non-hydrogen) atoms. The first-order chi connectivity index (χ1) is 15.4. The van der Waals surface area contributed by atoms with Crippen LogP contribution in [0.2, 0.25) is 0 Å². The third-order valence-corrected chi connectivity index (χ3v) is 6.87. The molecule has 1 saturated carbocycles. The maximum absolute atomic E-state index is 13.4. The Bertz CT molecular complexity index is 1010. The Morgan fingerprint density at radius 1 is 1.19 bits per heavy atom. The number of rotatable bonds is 6. The van der Waals surface area contributed by atoms with Gasteiger partial charge >= 0.3 is 6.03 Å². The molecule has 0 radical (unpaired) electrons. The van der Waals surface area contributed by atoms with Gasteiger partial charge in [-0.2, -0.15) is 0 Å². The number of aryl methyl sites for hydroxylation is 1. The highest BCUT2D eigenvalue weighted by atomic mass is 16.2. The summed E-state index contributed by atoms with van der Waals surface area (Å²) in [4.78, 5) is 46.4. The Morgan fingerprint density at radius 3 is 2.72 bits per heavy atom. The fourth-order valence-corrected chi connectivity index (χ4v) is 4.81. The van der Waals surface area contributed by atoms with Crippen molar-refractivity contribution in [1.82, 2.24) is 20.1 Å². The van der Waals surface area contributed by atoms with Crippen LogP contribution in [-0.4, -0.2) is 44.7 Å². The Hall–Kier alpha value is -3.22. The van der Waals surface area contributed by atoms with Crippen LogP contribution in [0.1, 0.15) is 49.3 Å². The number of hydrogen-bond acceptors (Lipinski definition) is 4. The molecule has 4 amide bonds. The minimum Gasteiger partial charge on any atom is -0.332 e. The van der Waals surface area contributed by atoms with Crippen molar-refractivity contribution in [2.24, 2.45) is 5.92 Å². The highest BCUT2D eigenvalue weighted by Gasteiger charge is 2.55. The number of hydrogen-bond donors (Lipinski definition) is 1. The molecule has 0 bridgehead atoms. The van der Waals surface area contributed by atoms with Crippen molar-refractivity contribution in [1.29, 1.82) is 0 Å². The minimum absolute atomic E-state index is 0.0614. The normalized spacial score (nSPS) is 22.8. The van der Waals surface area contributed by atoms with Gasteiger partial charge in [0.05, 0.1) is 0 Å². The van der Waals surface area contributed by atoms with Gasteiger partial charge in [0.2, 0.25) is 5.91 Å². The van der Waals surface area contributed by atoms with Crippen LogP contribution in [0.5, 0.6) is 0 Å². The molecule has 1 saturated heterocycles. The van der Waals surface area contributed by atoms with E-state index in [4.69, 9.17) is 0 Å². The molecule has 1 aliphatic carbocycles. The van der Waals surface area contributed by atoms with Gasteiger partial charge in [-0.05, 0) is 48.4 Å². The molecule has 2 fully saturated rings. The Balaban J connectivity index is 1.55. The molecule has 7 nitrogen and oxygen atoms in total. The number of carbonyl (C=O) groups is 3. The number of urea groups is 1. The SMILES string of the molecule is Cc1ccccc1CN(Cc1cccnc1)C(=O)CN1C(=O)NC2(CCCCC2C)C1=O. The zero-order chi connectivity index (χ0) is 22.7. The van der Waals surface area contributed by atoms with Crippen molar-refractivity contribution in [2.75, 3.05) is 6.54 Å². The smallest absolute Gasteiger partial charge is 0.325 e. The van der Waals surface area contributed by atoms with E-state index in [-0.39, 0.29) is 24.3 Å². The first-order valence-electron chi connectivity index (χ1n) is 11.3. The van der Waals surface area contributed by atoms with Gasteiger partial charge in [0.15, 0.2) is 0 Å². The topological polar surface area (TPSA) is 82.6 Å². The van der Waals surface area contributed by atoms with E-state index in [9.17, 15) is 14.4 Å². The fourth-order valence-electron chi connectivity index (χ4n) is 4.81. The lowest BCUT2D eigenvalue weighted by atomic mass is 9.73. The molecule has 1 aromatic heterocycles. The van der Waals surface area contributed by atoms with Gasteiger partial charge < -0.3 is 10.2 Å². The lowest BCUT2D eigenvalue weighted by molar-refractivity contribution is -0.141. The van der Waals surface area contributed by atoms with E-state index in [1.807, 2.05) is 50.2 Å². The average Bonchev–Trinajstić information content (AvgIpc) is 3.02. The summed E-state index contributed by atoms with van der Waals surface area (Å²) in [5, 5.41) is 2.93. The van der Waals surface area contributed by atoms with Crippen LogP contribution in [-0.2, 0) is 22.7 Å². The Labute approximate surface area is 188 Å². The predicted octanol–water partition coefficient (Wildman–Crippen LogP) is 3.42. The lowest BCUT2D eigenvalue weighted by Crippen LogP contribution is -2.54. The molecule has 2 heterocycles. The number of benzene rings is 1. The van der Waals surface area contributed by atoms with E-state index in [1.54, 1.807) is 17.3 Å². The van der Waals surface area contributed by atoms with Gasteiger partial charge in [0.1, 0.15) is 12.1 Å². The van der Waals surface area contributed by atoms with Crippen molar-refractivity contribution in [3.05, 3.63) is 65.5 Å². The second-order valence-corrected chi connectivity index (χ2v) is 8.98. The van der Waals surface area contributed by atoms with Crippen LogP contribution < -0.4 is 5.32 Å². The predicted molar refractivity (Wildman–Crippen MR) is 120 cm³/mol. The second-order valence-electron chi connectivity index (χ2n) is 8.98. The molecule has 7 heteroatoms. The van der Waals surface area contributed by atoms with E-state index in [2.05, 4.69) is 10.3 Å². The van der Waals surface area contributed by atoms with Gasteiger partial charge in [0.25, 0.3) is 5.91 Å². The maximum Gasteiger partial charge on any atom is 0.325 e. The van der Waals surface area contributed by atoms with Crippen molar-refractivity contribution >= 4 is 17.8 Å². The highest BCUT2D eigenvalue weighted by molar-refractivity contribution is 6.09. The quantitative estimate of drug-likeness (QED) is 0.707. The Kier molecular flexibility index (Phi) is 6.26. The summed E-state index contributed by atoms with van der Waals surface area (Å²) in [5.74, 6) is -0.465. The number of nitrogens with zero attached hydrogens (tertiary/aromatic N) is 3. The van der Waals surface area contributed by atoms with Gasteiger partial charge in [-0.15, -0.1) is 0 Å². The molecule has 2 atom stereocenters. The van der Waals surface area contributed by atoms with E-state index in [0.29, 0.717) is 19.5 Å². The van der Waals surface area contributed by atoms with Crippen LogP contribution in [0.15, 0.2) is 48.8 Å². The van der Waals surface area contributed by atoms with Crippen LogP contribution in [0.25, 0.3) is 0 Å². The number of pyridine rings is 1. The molecule has 2 unspecified atom stereocenters. The molecule has 1 aromatic carbocycles. The average molecular weight is 435 g/mol. The van der Waals surface area contributed by atoms with Gasteiger partial charge in [-0.25, -0.2) is 4.79 Å². The highest BCUT2D eigenvalue weighted by Crippen LogP contribution is 2.38. The van der Waals surface area contributed by atoms with Crippen molar-refractivity contribution in [3.63, 3.8) is 0 Å². The maximum atomic E-state index is 13.4. The van der Waals surface area contributed by atoms with Crippen LogP contribution in [0.3, 0.4) is 0 Å². The van der Waals surface area contributed by atoms with Crippen LogP contribution in [0, 0.1) is 12.8 Å². The summed E-state index contributed by atoms with van der Waals surface area (Å²) in [5.41, 5.74) is 2.14. The van der Waals surface area contributed by atoms with Crippen LogP contribution in [0.4, 0.5) is 4.79 Å². The molecule has 4 rings (SSSR count). The third-order valence-electron chi connectivity index (χ3n) is 6.87. The molecule has 168 valence electrons. The summed E-state index contributed by atoms with van der Waals surface area (Å²) in [6, 6.07) is 11.2. The second kappa shape index (κ2) is 9.10. The molecular formula is C25H30N4O3. The minimum atomic E-state index is -0.861. The number of imide groups is 1. The molecular weight excluding hydrogens is 404 g/mol. The largest absolute Gasteiger partial charge is 0.332 e. The van der Waals surface area contributed by atoms with Gasteiger partial charge in [0, 0.05) is 25.5 Å². The number of amides is 4. The fraction of sp³-hybridized carbons (Fsp3) is 0.440. The monoisotopic (exact) mass is 434 g/mol. The van der Waals surface area contributed by atoms with Crippen LogP contribution >= 0.6 is 0 Å². The van der Waals surface area contributed by atoms with Crippen molar-refractivity contribution in [3.8, 4) is 0 Å². The molecule has 1 N–H and O–H groups in total. The standard InChI is InChI=1S/C25H30N4O3/c1-18-8-3-4-11-21(18)16-28(15-20-10-7-13-26-14-20)22(30)17-29-23(31)25(27-24(29)32)12-6-5-9-19(25)2/h3-4,7-8,10-11,13-14,19H,5-6,9,12,15-17H2,1-2H3,(H,27,32). The summed E-state index contributed by atoms with van der Waals surface area (Å²) in [6.45, 7) is 4.51. The van der Waals surface area contributed by atoms with Crippen molar-refractivity contribution < 1.29 is 14.4 Å². The summed E-state index contributed by atoms with van der Waals surface area (Å²) >= 11 is 0. The zero-order valence-electron chi connectivity index (χ0n) is 18.7. The van der Waals surface area contributed by atoms with E-state index < -0.39 is 11.6 Å². The van der Waals surface area contributed by atoms with Gasteiger partial charge in [-0.1, -0.05) is 50.1 Å². The molecule has 1 spiro atoms. The number of carbonyl (C=O) groups excluding carboxylic acids is 3. The first-order valence-corrected chi connectivity index (χ1v) is 11.3. The lowest BCUT2D eigenvalue weighted by Gasteiger charge is -2.36. The molecule has 2 aromatic rings. The zero-order valence-corrected chi connectivity index (χ0v) is 18.7. The molecule has 1 aliphatic heterocycles. The van der Waals surface area contributed by atoms with E-state index in [0.717, 1.165) is 40.9 Å². The van der Waals surface area contributed by atoms with Crippen molar-refractivity contribution in [2.45, 2.75) is 58.2 Å². The Morgan fingerprint density at radius 2 is 2.00 bits per heavy atom. The number of nitrogens with one attached hydrogen (secondary N) is 1. The number of aromatic nitrogens is 1.